The van der Waals surface area contributed by atoms with Crippen LogP contribution in [0.1, 0.15) is 15.9 Å². The van der Waals surface area contributed by atoms with Gasteiger partial charge in [-0.05, 0) is 29.8 Å². The molecule has 0 fully saturated rings. The van der Waals surface area contributed by atoms with E-state index in [2.05, 4.69) is 10.6 Å². The highest BCUT2D eigenvalue weighted by molar-refractivity contribution is 6.36. The topological polar surface area (TPSA) is 76.7 Å². The number of hydrogen-bond donors (Lipinski definition) is 2. The summed E-state index contributed by atoms with van der Waals surface area (Å²) in [5.41, 5.74) is 1.81. The standard InChI is InChI=1S/C23H20Cl2N2O4/c1-30-20-13-19(27-23(29)14-7-4-3-5-8-14)21(31-2)12-18(20)26-22(28)11-15-16(24)9-6-10-17(15)25/h3-10,12-13H,11H2,1-2H3,(H,26,28)(H,27,29). The lowest BCUT2D eigenvalue weighted by Gasteiger charge is -2.16. The van der Waals surface area contributed by atoms with Gasteiger partial charge in [0.05, 0.1) is 32.0 Å². The van der Waals surface area contributed by atoms with Gasteiger partial charge in [-0.25, -0.2) is 0 Å². The first-order valence-electron chi connectivity index (χ1n) is 9.28. The molecule has 0 aliphatic rings. The van der Waals surface area contributed by atoms with Gasteiger partial charge in [-0.15, -0.1) is 0 Å². The smallest absolute Gasteiger partial charge is 0.255 e. The molecule has 2 amide bonds. The summed E-state index contributed by atoms with van der Waals surface area (Å²) in [5, 5.41) is 6.39. The van der Waals surface area contributed by atoms with Crippen molar-refractivity contribution in [2.45, 2.75) is 6.42 Å². The Bertz CT molecular complexity index is 1080. The number of hydrogen-bond acceptors (Lipinski definition) is 4. The van der Waals surface area contributed by atoms with E-state index in [1.54, 1.807) is 54.6 Å². The number of rotatable bonds is 7. The van der Waals surface area contributed by atoms with Crippen molar-refractivity contribution in [3.63, 3.8) is 0 Å². The molecular weight excluding hydrogens is 439 g/mol. The zero-order chi connectivity index (χ0) is 22.4. The first kappa shape index (κ1) is 22.5. The fourth-order valence-electron chi connectivity index (χ4n) is 2.93. The number of carbonyl (C=O) groups is 2. The van der Waals surface area contributed by atoms with Gasteiger partial charge in [0.15, 0.2) is 0 Å². The average Bonchev–Trinajstić information content (AvgIpc) is 2.77. The number of nitrogens with one attached hydrogen (secondary N) is 2. The van der Waals surface area contributed by atoms with Crippen molar-refractivity contribution in [2.24, 2.45) is 0 Å². The number of halogens is 2. The molecule has 2 N–H and O–H groups in total. The van der Waals surface area contributed by atoms with Crippen molar-refractivity contribution in [3.8, 4) is 11.5 Å². The Kier molecular flexibility index (Phi) is 7.39. The van der Waals surface area contributed by atoms with Crippen LogP contribution in [0.5, 0.6) is 11.5 Å². The van der Waals surface area contributed by atoms with Gasteiger partial charge in [0.1, 0.15) is 11.5 Å². The van der Waals surface area contributed by atoms with Crippen molar-refractivity contribution in [1.82, 2.24) is 0 Å². The molecule has 0 bridgehead atoms. The first-order chi connectivity index (χ1) is 14.9. The Balaban J connectivity index is 1.83. The van der Waals surface area contributed by atoms with Crippen LogP contribution in [0.25, 0.3) is 0 Å². The maximum atomic E-state index is 12.6. The van der Waals surface area contributed by atoms with E-state index in [0.29, 0.717) is 44.0 Å². The molecule has 0 aliphatic carbocycles. The second-order valence-corrected chi connectivity index (χ2v) is 7.31. The zero-order valence-corrected chi connectivity index (χ0v) is 18.4. The van der Waals surface area contributed by atoms with Gasteiger partial charge in [0.2, 0.25) is 5.91 Å². The fraction of sp³-hybridized carbons (Fsp3) is 0.130. The lowest BCUT2D eigenvalue weighted by atomic mass is 10.1. The molecule has 160 valence electrons. The maximum absolute atomic E-state index is 12.6. The summed E-state index contributed by atoms with van der Waals surface area (Å²) in [4.78, 5) is 25.1. The summed E-state index contributed by atoms with van der Waals surface area (Å²) in [7, 11) is 2.93. The van der Waals surface area contributed by atoms with Gasteiger partial charge < -0.3 is 20.1 Å². The van der Waals surface area contributed by atoms with E-state index in [4.69, 9.17) is 32.7 Å². The summed E-state index contributed by atoms with van der Waals surface area (Å²) < 4.78 is 10.8. The number of methoxy groups -OCH3 is 2. The maximum Gasteiger partial charge on any atom is 0.255 e. The van der Waals surface area contributed by atoms with Crippen LogP contribution in [0, 0.1) is 0 Å². The quantitative estimate of drug-likeness (QED) is 0.493. The third kappa shape index (κ3) is 5.48. The molecule has 3 aromatic rings. The van der Waals surface area contributed by atoms with Gasteiger partial charge in [-0.1, -0.05) is 47.5 Å². The Morgan fingerprint density at radius 1 is 0.806 bits per heavy atom. The molecule has 0 saturated carbocycles. The van der Waals surface area contributed by atoms with Gasteiger partial charge in [0.25, 0.3) is 5.91 Å². The Morgan fingerprint density at radius 2 is 1.35 bits per heavy atom. The minimum absolute atomic E-state index is 0.0174. The van der Waals surface area contributed by atoms with Gasteiger partial charge in [-0.3, -0.25) is 9.59 Å². The summed E-state index contributed by atoms with van der Waals surface area (Å²) in [6.07, 6.45) is -0.0174. The molecule has 0 aromatic heterocycles. The molecule has 0 unspecified atom stereocenters. The predicted molar refractivity (Wildman–Crippen MR) is 123 cm³/mol. The molecule has 6 nitrogen and oxygen atoms in total. The molecule has 0 atom stereocenters. The van der Waals surface area contributed by atoms with E-state index in [9.17, 15) is 9.59 Å². The minimum atomic E-state index is -0.337. The van der Waals surface area contributed by atoms with Crippen LogP contribution in [0.3, 0.4) is 0 Å². The first-order valence-corrected chi connectivity index (χ1v) is 10.0. The van der Waals surface area contributed by atoms with Crippen molar-refractivity contribution >= 4 is 46.4 Å². The normalized spacial score (nSPS) is 10.3. The molecule has 3 aromatic carbocycles. The molecule has 31 heavy (non-hydrogen) atoms. The van der Waals surface area contributed by atoms with Crippen LogP contribution in [0.15, 0.2) is 60.7 Å². The van der Waals surface area contributed by atoms with Crippen LogP contribution in [-0.2, 0) is 11.2 Å². The predicted octanol–water partition coefficient (Wildman–Crippen LogP) is 5.44. The monoisotopic (exact) mass is 458 g/mol. The SMILES string of the molecule is COc1cc(NC(=O)c2ccccc2)c(OC)cc1NC(=O)Cc1c(Cl)cccc1Cl. The molecule has 8 heteroatoms. The largest absolute Gasteiger partial charge is 0.494 e. The second-order valence-electron chi connectivity index (χ2n) is 6.50. The number of benzene rings is 3. The van der Waals surface area contributed by atoms with Crippen molar-refractivity contribution in [2.75, 3.05) is 24.9 Å². The van der Waals surface area contributed by atoms with Crippen LogP contribution >= 0.6 is 23.2 Å². The van der Waals surface area contributed by atoms with E-state index in [1.165, 1.54) is 14.2 Å². The van der Waals surface area contributed by atoms with Crippen molar-refractivity contribution in [1.29, 1.82) is 0 Å². The summed E-state index contributed by atoms with van der Waals surface area (Å²) in [5.74, 6) is 0.0708. The number of ether oxygens (including phenoxy) is 2. The van der Waals surface area contributed by atoms with Gasteiger partial charge in [-0.2, -0.15) is 0 Å². The molecule has 0 spiro atoms. The summed E-state index contributed by atoms with van der Waals surface area (Å²) >= 11 is 12.3. The Morgan fingerprint density at radius 3 is 1.90 bits per heavy atom. The van der Waals surface area contributed by atoms with Gasteiger partial charge >= 0.3 is 0 Å². The van der Waals surface area contributed by atoms with E-state index in [-0.39, 0.29) is 18.2 Å². The highest BCUT2D eigenvalue weighted by atomic mass is 35.5. The third-order valence-corrected chi connectivity index (χ3v) is 5.19. The van der Waals surface area contributed by atoms with E-state index in [1.807, 2.05) is 6.07 Å². The highest BCUT2D eigenvalue weighted by Crippen LogP contribution is 2.37. The minimum Gasteiger partial charge on any atom is -0.494 e. The van der Waals surface area contributed by atoms with E-state index in [0.717, 1.165) is 0 Å². The molecule has 0 radical (unpaired) electrons. The molecular formula is C23H20Cl2N2O4. The van der Waals surface area contributed by atoms with Crippen LogP contribution < -0.4 is 20.1 Å². The van der Waals surface area contributed by atoms with Crippen molar-refractivity contribution < 1.29 is 19.1 Å². The van der Waals surface area contributed by atoms with Crippen LogP contribution in [0.2, 0.25) is 10.0 Å². The summed E-state index contributed by atoms with van der Waals surface area (Å²) in [6, 6.07) is 17.0. The van der Waals surface area contributed by atoms with E-state index >= 15 is 0 Å². The van der Waals surface area contributed by atoms with Gasteiger partial charge in [0, 0.05) is 27.7 Å². The fourth-order valence-corrected chi connectivity index (χ4v) is 3.46. The Hall–Kier alpha value is -3.22. The lowest BCUT2D eigenvalue weighted by Crippen LogP contribution is -2.16. The van der Waals surface area contributed by atoms with E-state index < -0.39 is 0 Å². The number of amides is 2. The molecule has 0 saturated heterocycles. The van der Waals surface area contributed by atoms with Crippen molar-refractivity contribution in [3.05, 3.63) is 81.8 Å². The Labute approximate surface area is 190 Å². The average molecular weight is 459 g/mol. The second kappa shape index (κ2) is 10.2. The highest BCUT2D eigenvalue weighted by Gasteiger charge is 2.17. The summed E-state index contributed by atoms with van der Waals surface area (Å²) in [6.45, 7) is 0. The molecule has 0 heterocycles. The third-order valence-electron chi connectivity index (χ3n) is 4.48. The molecule has 3 rings (SSSR count). The molecule has 0 aliphatic heterocycles. The number of carbonyl (C=O) groups excluding carboxylic acids is 2. The zero-order valence-electron chi connectivity index (χ0n) is 16.9. The number of anilines is 2. The van der Waals surface area contributed by atoms with Crippen LogP contribution in [0.4, 0.5) is 11.4 Å². The van der Waals surface area contributed by atoms with Crippen LogP contribution in [-0.4, -0.2) is 26.0 Å². The lowest BCUT2D eigenvalue weighted by molar-refractivity contribution is -0.115.